The molecular weight excluding hydrogens is 253 g/mol. The molecule has 0 aromatic heterocycles. The van der Waals surface area contributed by atoms with Crippen LogP contribution < -0.4 is 4.74 Å². The van der Waals surface area contributed by atoms with Gasteiger partial charge in [-0.3, -0.25) is 4.79 Å². The molecule has 0 aliphatic rings. The summed E-state index contributed by atoms with van der Waals surface area (Å²) in [4.78, 5) is 24.1. The van der Waals surface area contributed by atoms with Gasteiger partial charge in [0.05, 0.1) is 0 Å². The minimum Gasteiger partial charge on any atom is -0.483 e. The third-order valence-corrected chi connectivity index (χ3v) is 2.71. The van der Waals surface area contributed by atoms with Crippen LogP contribution in [0.3, 0.4) is 0 Å². The van der Waals surface area contributed by atoms with E-state index in [1.165, 1.54) is 17.0 Å². The molecular formula is C13H16FNO4. The van der Waals surface area contributed by atoms with Crippen LogP contribution in [0.15, 0.2) is 18.2 Å². The summed E-state index contributed by atoms with van der Waals surface area (Å²) in [5, 5.41) is 8.89. The Morgan fingerprint density at radius 1 is 1.42 bits per heavy atom. The molecule has 0 unspecified atom stereocenters. The summed E-state index contributed by atoms with van der Waals surface area (Å²) >= 11 is 0. The minimum atomic E-state index is -1.43. The lowest BCUT2D eigenvalue weighted by molar-refractivity contribution is -0.133. The van der Waals surface area contributed by atoms with E-state index in [1.807, 2.05) is 13.8 Å². The van der Waals surface area contributed by atoms with Gasteiger partial charge in [0, 0.05) is 13.1 Å². The minimum absolute atomic E-state index is 0.00236. The number of benzene rings is 1. The van der Waals surface area contributed by atoms with E-state index in [1.54, 1.807) is 7.05 Å². The van der Waals surface area contributed by atoms with Crippen molar-refractivity contribution in [2.75, 3.05) is 13.7 Å². The van der Waals surface area contributed by atoms with E-state index >= 15 is 0 Å². The molecule has 0 fully saturated rings. The van der Waals surface area contributed by atoms with Crippen molar-refractivity contribution < 1.29 is 23.8 Å². The molecule has 1 aromatic rings. The zero-order chi connectivity index (χ0) is 14.6. The van der Waals surface area contributed by atoms with Crippen molar-refractivity contribution in [1.29, 1.82) is 0 Å². The molecule has 1 N–H and O–H groups in total. The van der Waals surface area contributed by atoms with E-state index in [2.05, 4.69) is 0 Å². The highest BCUT2D eigenvalue weighted by Crippen LogP contribution is 2.21. The molecule has 104 valence electrons. The maximum atomic E-state index is 13.4. The molecule has 0 heterocycles. The highest BCUT2D eigenvalue weighted by Gasteiger charge is 2.19. The Labute approximate surface area is 110 Å². The Bertz CT molecular complexity index is 488. The summed E-state index contributed by atoms with van der Waals surface area (Å²) in [5.74, 6) is -2.79. The summed E-state index contributed by atoms with van der Waals surface area (Å²) in [6.45, 7) is 3.34. The number of hydrogen-bond donors (Lipinski definition) is 1. The third kappa shape index (κ3) is 3.67. The van der Waals surface area contributed by atoms with Crippen LogP contribution in [0.25, 0.3) is 0 Å². The molecule has 0 saturated carbocycles. The predicted molar refractivity (Wildman–Crippen MR) is 66.8 cm³/mol. The average molecular weight is 269 g/mol. The maximum absolute atomic E-state index is 13.4. The summed E-state index contributed by atoms with van der Waals surface area (Å²) in [6, 6.07) is 3.67. The zero-order valence-electron chi connectivity index (χ0n) is 11.0. The van der Waals surface area contributed by atoms with Crippen LogP contribution in [-0.4, -0.2) is 41.6 Å². The number of aromatic carboxylic acids is 1. The van der Waals surface area contributed by atoms with Crippen LogP contribution in [0.4, 0.5) is 4.39 Å². The number of halogens is 1. The van der Waals surface area contributed by atoms with E-state index in [9.17, 15) is 14.0 Å². The zero-order valence-corrected chi connectivity index (χ0v) is 11.0. The second kappa shape index (κ2) is 6.17. The van der Waals surface area contributed by atoms with Crippen molar-refractivity contribution >= 4 is 11.9 Å². The van der Waals surface area contributed by atoms with Gasteiger partial charge in [-0.2, -0.15) is 0 Å². The van der Waals surface area contributed by atoms with Crippen LogP contribution in [0.2, 0.25) is 0 Å². The van der Waals surface area contributed by atoms with Gasteiger partial charge in [-0.05, 0) is 26.0 Å². The van der Waals surface area contributed by atoms with Crippen molar-refractivity contribution in [1.82, 2.24) is 4.90 Å². The molecule has 5 nitrogen and oxygen atoms in total. The van der Waals surface area contributed by atoms with Crippen LogP contribution in [0, 0.1) is 5.82 Å². The van der Waals surface area contributed by atoms with Gasteiger partial charge in [-0.15, -0.1) is 0 Å². The Kier molecular flexibility index (Phi) is 4.86. The van der Waals surface area contributed by atoms with Crippen molar-refractivity contribution in [2.24, 2.45) is 0 Å². The lowest BCUT2D eigenvalue weighted by Gasteiger charge is -2.21. The van der Waals surface area contributed by atoms with Crippen molar-refractivity contribution in [3.8, 4) is 5.75 Å². The number of hydrogen-bond acceptors (Lipinski definition) is 3. The van der Waals surface area contributed by atoms with Gasteiger partial charge in [-0.1, -0.05) is 6.07 Å². The SMILES string of the molecule is CC(C)N(C)C(=O)COc1cccc(F)c1C(=O)O. The Morgan fingerprint density at radius 3 is 2.58 bits per heavy atom. The normalized spacial score (nSPS) is 10.4. The maximum Gasteiger partial charge on any atom is 0.342 e. The fraction of sp³-hybridized carbons (Fsp3) is 0.385. The molecule has 6 heteroatoms. The topological polar surface area (TPSA) is 66.8 Å². The molecule has 1 amide bonds. The lowest BCUT2D eigenvalue weighted by Crippen LogP contribution is -2.36. The van der Waals surface area contributed by atoms with Crippen LogP contribution in [-0.2, 0) is 4.79 Å². The van der Waals surface area contributed by atoms with Gasteiger partial charge >= 0.3 is 5.97 Å². The average Bonchev–Trinajstić information content (AvgIpc) is 2.34. The molecule has 0 aliphatic heterocycles. The third-order valence-electron chi connectivity index (χ3n) is 2.71. The van der Waals surface area contributed by atoms with Gasteiger partial charge < -0.3 is 14.7 Å². The van der Waals surface area contributed by atoms with Gasteiger partial charge in [-0.25, -0.2) is 9.18 Å². The predicted octanol–water partition coefficient (Wildman–Crippen LogP) is 1.77. The number of carbonyl (C=O) groups is 2. The Balaban J connectivity index is 2.82. The standard InChI is InChI=1S/C13H16FNO4/c1-8(2)15(3)11(16)7-19-10-6-4-5-9(14)12(10)13(17)18/h4-6,8H,7H2,1-3H3,(H,17,18). The van der Waals surface area contributed by atoms with E-state index in [4.69, 9.17) is 9.84 Å². The smallest absolute Gasteiger partial charge is 0.342 e. The number of carboxylic acid groups (broad SMARTS) is 1. The van der Waals surface area contributed by atoms with Crippen LogP contribution in [0.5, 0.6) is 5.75 Å². The molecule has 0 bridgehead atoms. The summed E-state index contributed by atoms with van der Waals surface area (Å²) in [6.07, 6.45) is 0. The van der Waals surface area contributed by atoms with Crippen molar-refractivity contribution in [3.05, 3.63) is 29.6 Å². The van der Waals surface area contributed by atoms with Crippen molar-refractivity contribution in [3.63, 3.8) is 0 Å². The number of carboxylic acids is 1. The monoisotopic (exact) mass is 269 g/mol. The first-order valence-corrected chi connectivity index (χ1v) is 5.74. The molecule has 19 heavy (non-hydrogen) atoms. The van der Waals surface area contributed by atoms with Gasteiger partial charge in [0.15, 0.2) is 6.61 Å². The first-order chi connectivity index (χ1) is 8.84. The quantitative estimate of drug-likeness (QED) is 0.884. The van der Waals surface area contributed by atoms with Crippen LogP contribution >= 0.6 is 0 Å². The van der Waals surface area contributed by atoms with Crippen molar-refractivity contribution in [2.45, 2.75) is 19.9 Å². The fourth-order valence-corrected chi connectivity index (χ4v) is 1.36. The van der Waals surface area contributed by atoms with E-state index in [-0.39, 0.29) is 24.3 Å². The van der Waals surface area contributed by atoms with E-state index < -0.39 is 17.3 Å². The fourth-order valence-electron chi connectivity index (χ4n) is 1.36. The molecule has 1 aromatic carbocycles. The number of rotatable bonds is 5. The van der Waals surface area contributed by atoms with E-state index in [0.717, 1.165) is 6.07 Å². The molecule has 0 aliphatic carbocycles. The lowest BCUT2D eigenvalue weighted by atomic mass is 10.2. The van der Waals surface area contributed by atoms with E-state index in [0.29, 0.717) is 0 Å². The van der Waals surface area contributed by atoms with Gasteiger partial charge in [0.1, 0.15) is 17.1 Å². The molecule has 0 saturated heterocycles. The first-order valence-electron chi connectivity index (χ1n) is 5.74. The largest absolute Gasteiger partial charge is 0.483 e. The molecule has 0 radical (unpaired) electrons. The highest BCUT2D eigenvalue weighted by atomic mass is 19.1. The Hall–Kier alpha value is -2.11. The summed E-state index contributed by atoms with van der Waals surface area (Å²) < 4.78 is 18.5. The number of amides is 1. The molecule has 0 atom stereocenters. The number of likely N-dealkylation sites (N-methyl/N-ethyl adjacent to an activating group) is 1. The van der Waals surface area contributed by atoms with Gasteiger partial charge in [0.2, 0.25) is 0 Å². The Morgan fingerprint density at radius 2 is 2.05 bits per heavy atom. The molecule has 1 rings (SSSR count). The highest BCUT2D eigenvalue weighted by molar-refractivity contribution is 5.91. The number of nitrogens with zero attached hydrogens (tertiary/aromatic N) is 1. The number of carbonyl (C=O) groups excluding carboxylic acids is 1. The second-order valence-electron chi connectivity index (χ2n) is 4.31. The summed E-state index contributed by atoms with van der Waals surface area (Å²) in [5.41, 5.74) is -0.567. The summed E-state index contributed by atoms with van der Waals surface area (Å²) in [7, 11) is 1.61. The van der Waals surface area contributed by atoms with Crippen LogP contribution in [0.1, 0.15) is 24.2 Å². The first kappa shape index (κ1) is 14.9. The van der Waals surface area contributed by atoms with Gasteiger partial charge in [0.25, 0.3) is 5.91 Å². The molecule has 0 spiro atoms. The second-order valence-corrected chi connectivity index (χ2v) is 4.31. The number of ether oxygens (including phenoxy) is 1.